The number of aromatic nitrogens is 2. The van der Waals surface area contributed by atoms with Crippen molar-refractivity contribution >= 4 is 11.7 Å². The minimum atomic E-state index is 0.00989. The molecule has 1 aromatic carbocycles. The molecule has 1 unspecified atom stereocenters. The molecule has 1 atom stereocenters. The van der Waals surface area contributed by atoms with Gasteiger partial charge in [-0.3, -0.25) is 9.48 Å². The first-order chi connectivity index (χ1) is 12.1. The SMILES string of the molecule is COCCN1CCC(C(=O)Nc2c(-c3ccccc3)c(C)nn2C)C1. The molecule has 6 heteroatoms. The molecule has 2 heterocycles. The molecule has 25 heavy (non-hydrogen) atoms. The van der Waals surface area contributed by atoms with E-state index in [0.717, 1.165) is 48.7 Å². The fourth-order valence-corrected chi connectivity index (χ4v) is 3.44. The van der Waals surface area contributed by atoms with Crippen LogP contribution in [0.2, 0.25) is 0 Å². The number of aryl methyl sites for hydroxylation is 2. The van der Waals surface area contributed by atoms with Crippen molar-refractivity contribution in [3.05, 3.63) is 36.0 Å². The average molecular weight is 342 g/mol. The summed E-state index contributed by atoms with van der Waals surface area (Å²) in [7, 11) is 3.57. The summed E-state index contributed by atoms with van der Waals surface area (Å²) in [5, 5.41) is 7.62. The van der Waals surface area contributed by atoms with Gasteiger partial charge < -0.3 is 15.0 Å². The second-order valence-electron chi connectivity index (χ2n) is 6.57. The Kier molecular flexibility index (Phi) is 5.50. The first kappa shape index (κ1) is 17.6. The standard InChI is InChI=1S/C19H26N4O2/c1-14-17(15-7-5-4-6-8-15)18(22(2)21-14)20-19(24)16-9-10-23(13-16)11-12-25-3/h4-8,16H,9-13H2,1-3H3,(H,20,24). The van der Waals surface area contributed by atoms with Crippen LogP contribution < -0.4 is 5.32 Å². The highest BCUT2D eigenvalue weighted by Gasteiger charge is 2.29. The van der Waals surface area contributed by atoms with Gasteiger partial charge in [0.1, 0.15) is 5.82 Å². The maximum Gasteiger partial charge on any atom is 0.229 e. The van der Waals surface area contributed by atoms with Crippen molar-refractivity contribution < 1.29 is 9.53 Å². The number of amides is 1. The quantitative estimate of drug-likeness (QED) is 0.875. The first-order valence-electron chi connectivity index (χ1n) is 8.71. The van der Waals surface area contributed by atoms with Gasteiger partial charge in [0.05, 0.1) is 18.2 Å². The van der Waals surface area contributed by atoms with E-state index in [9.17, 15) is 4.79 Å². The van der Waals surface area contributed by atoms with Crippen molar-refractivity contribution in [2.45, 2.75) is 13.3 Å². The van der Waals surface area contributed by atoms with E-state index in [1.165, 1.54) is 0 Å². The van der Waals surface area contributed by atoms with Crippen molar-refractivity contribution in [3.63, 3.8) is 0 Å². The lowest BCUT2D eigenvalue weighted by atomic mass is 10.0. The number of anilines is 1. The Bertz CT molecular complexity index is 727. The van der Waals surface area contributed by atoms with E-state index in [-0.39, 0.29) is 11.8 Å². The number of carbonyl (C=O) groups excluding carboxylic acids is 1. The molecule has 134 valence electrons. The average Bonchev–Trinajstić information content (AvgIpc) is 3.19. The van der Waals surface area contributed by atoms with E-state index < -0.39 is 0 Å². The van der Waals surface area contributed by atoms with Crippen molar-refractivity contribution in [1.29, 1.82) is 0 Å². The van der Waals surface area contributed by atoms with Gasteiger partial charge in [-0.2, -0.15) is 5.10 Å². The lowest BCUT2D eigenvalue weighted by Crippen LogP contribution is -2.29. The fourth-order valence-electron chi connectivity index (χ4n) is 3.44. The molecule has 3 rings (SSSR count). The summed E-state index contributed by atoms with van der Waals surface area (Å²) in [5.41, 5.74) is 2.97. The number of rotatable bonds is 6. The Labute approximate surface area is 148 Å². The predicted molar refractivity (Wildman–Crippen MR) is 98.4 cm³/mol. The highest BCUT2D eigenvalue weighted by molar-refractivity contribution is 5.96. The zero-order chi connectivity index (χ0) is 17.8. The minimum Gasteiger partial charge on any atom is -0.383 e. The van der Waals surface area contributed by atoms with Crippen LogP contribution in [0.25, 0.3) is 11.1 Å². The Balaban J connectivity index is 1.74. The smallest absolute Gasteiger partial charge is 0.229 e. The number of likely N-dealkylation sites (tertiary alicyclic amines) is 1. The Morgan fingerprint density at radius 1 is 1.36 bits per heavy atom. The molecule has 1 saturated heterocycles. The van der Waals surface area contributed by atoms with Gasteiger partial charge >= 0.3 is 0 Å². The molecule has 1 N–H and O–H groups in total. The van der Waals surface area contributed by atoms with Gasteiger partial charge in [-0.05, 0) is 25.5 Å². The molecule has 1 aliphatic heterocycles. The number of methoxy groups -OCH3 is 1. The van der Waals surface area contributed by atoms with Crippen molar-refractivity contribution in [2.24, 2.45) is 13.0 Å². The number of nitrogens with one attached hydrogen (secondary N) is 1. The largest absolute Gasteiger partial charge is 0.383 e. The monoisotopic (exact) mass is 342 g/mol. The lowest BCUT2D eigenvalue weighted by molar-refractivity contribution is -0.119. The number of carbonyl (C=O) groups is 1. The van der Waals surface area contributed by atoms with Crippen LogP contribution >= 0.6 is 0 Å². The number of benzene rings is 1. The van der Waals surface area contributed by atoms with Crippen LogP contribution in [0.5, 0.6) is 0 Å². The van der Waals surface area contributed by atoms with E-state index in [0.29, 0.717) is 6.61 Å². The molecule has 1 amide bonds. The molecule has 1 fully saturated rings. The number of hydrogen-bond donors (Lipinski definition) is 1. The summed E-state index contributed by atoms with van der Waals surface area (Å²) in [5.74, 6) is 0.847. The number of nitrogens with zero attached hydrogens (tertiary/aromatic N) is 3. The van der Waals surface area contributed by atoms with Crippen molar-refractivity contribution in [1.82, 2.24) is 14.7 Å². The third-order valence-electron chi connectivity index (χ3n) is 4.78. The normalized spacial score (nSPS) is 17.8. The van der Waals surface area contributed by atoms with Crippen LogP contribution in [0, 0.1) is 12.8 Å². The van der Waals surface area contributed by atoms with Gasteiger partial charge in [0, 0.05) is 32.8 Å². The second-order valence-corrected chi connectivity index (χ2v) is 6.57. The molecular weight excluding hydrogens is 316 g/mol. The molecule has 0 bridgehead atoms. The fraction of sp³-hybridized carbons (Fsp3) is 0.474. The molecular formula is C19H26N4O2. The van der Waals surface area contributed by atoms with Crippen LogP contribution in [0.4, 0.5) is 5.82 Å². The van der Waals surface area contributed by atoms with Crippen LogP contribution in [-0.4, -0.2) is 53.9 Å². The highest BCUT2D eigenvalue weighted by atomic mass is 16.5. The topological polar surface area (TPSA) is 59.4 Å². The number of hydrogen-bond acceptors (Lipinski definition) is 4. The summed E-state index contributed by atoms with van der Waals surface area (Å²) >= 11 is 0. The third kappa shape index (κ3) is 3.91. The summed E-state index contributed by atoms with van der Waals surface area (Å²) in [6, 6.07) is 10.1. The molecule has 2 aromatic rings. The van der Waals surface area contributed by atoms with Gasteiger partial charge in [-0.15, -0.1) is 0 Å². The summed E-state index contributed by atoms with van der Waals surface area (Å²) < 4.78 is 6.88. The Hall–Kier alpha value is -2.18. The van der Waals surface area contributed by atoms with E-state index in [1.807, 2.05) is 44.3 Å². The van der Waals surface area contributed by atoms with Crippen LogP contribution in [0.1, 0.15) is 12.1 Å². The van der Waals surface area contributed by atoms with Crippen LogP contribution in [0.15, 0.2) is 30.3 Å². The molecule has 1 aliphatic rings. The maximum atomic E-state index is 12.8. The first-order valence-corrected chi connectivity index (χ1v) is 8.71. The molecule has 0 radical (unpaired) electrons. The molecule has 0 saturated carbocycles. The van der Waals surface area contributed by atoms with Crippen molar-refractivity contribution in [2.75, 3.05) is 38.7 Å². The third-order valence-corrected chi connectivity index (χ3v) is 4.78. The highest BCUT2D eigenvalue weighted by Crippen LogP contribution is 2.31. The van der Waals surface area contributed by atoms with Gasteiger partial charge in [-0.25, -0.2) is 0 Å². The Morgan fingerprint density at radius 2 is 2.12 bits per heavy atom. The molecule has 6 nitrogen and oxygen atoms in total. The van der Waals surface area contributed by atoms with Crippen LogP contribution in [-0.2, 0) is 16.6 Å². The van der Waals surface area contributed by atoms with Gasteiger partial charge in [0.2, 0.25) is 5.91 Å². The molecule has 1 aromatic heterocycles. The van der Waals surface area contributed by atoms with E-state index in [2.05, 4.69) is 15.3 Å². The summed E-state index contributed by atoms with van der Waals surface area (Å²) in [6.07, 6.45) is 0.882. The Morgan fingerprint density at radius 3 is 2.84 bits per heavy atom. The van der Waals surface area contributed by atoms with Gasteiger partial charge in [-0.1, -0.05) is 30.3 Å². The number of ether oxygens (including phenoxy) is 1. The summed E-state index contributed by atoms with van der Waals surface area (Å²) in [6.45, 7) is 5.28. The van der Waals surface area contributed by atoms with Gasteiger partial charge in [0.15, 0.2) is 0 Å². The molecule has 0 spiro atoms. The van der Waals surface area contributed by atoms with E-state index >= 15 is 0 Å². The maximum absolute atomic E-state index is 12.8. The lowest BCUT2D eigenvalue weighted by Gasteiger charge is -2.16. The van der Waals surface area contributed by atoms with E-state index in [4.69, 9.17) is 4.74 Å². The predicted octanol–water partition coefficient (Wildman–Crippen LogP) is 2.30. The van der Waals surface area contributed by atoms with Gasteiger partial charge in [0.25, 0.3) is 0 Å². The summed E-state index contributed by atoms with van der Waals surface area (Å²) in [4.78, 5) is 15.0. The van der Waals surface area contributed by atoms with E-state index in [1.54, 1.807) is 11.8 Å². The second kappa shape index (κ2) is 7.80. The zero-order valence-electron chi connectivity index (χ0n) is 15.2. The zero-order valence-corrected chi connectivity index (χ0v) is 15.2. The molecule has 0 aliphatic carbocycles. The van der Waals surface area contributed by atoms with Crippen molar-refractivity contribution in [3.8, 4) is 11.1 Å². The van der Waals surface area contributed by atoms with Crippen LogP contribution in [0.3, 0.4) is 0 Å². The minimum absolute atomic E-state index is 0.00989.